The van der Waals surface area contributed by atoms with Crippen LogP contribution in [-0.2, 0) is 16.1 Å². The number of carbonyl (C=O) groups excluding carboxylic acids is 2. The van der Waals surface area contributed by atoms with E-state index in [9.17, 15) is 9.59 Å². The number of hydrogen-bond donors (Lipinski definition) is 1. The second kappa shape index (κ2) is 11.6. The quantitative estimate of drug-likeness (QED) is 0.118. The molecule has 1 aliphatic rings. The van der Waals surface area contributed by atoms with Crippen molar-refractivity contribution in [2.75, 3.05) is 11.9 Å². The molecule has 3 aromatic carbocycles. The van der Waals surface area contributed by atoms with E-state index in [4.69, 9.17) is 62.8 Å². The second-order valence-corrected chi connectivity index (χ2v) is 11.2. The van der Waals surface area contributed by atoms with Crippen LogP contribution >= 0.6 is 58.0 Å². The number of nitrogens with zero attached hydrogens (tertiary/aromatic N) is 1. The number of Topliss-reactive ketones (excluding diaryl/α,β-unsaturated/α-hetero) is 1. The molecular weight excluding hydrogens is 578 g/mol. The minimum atomic E-state index is -1.32. The van der Waals surface area contributed by atoms with Crippen molar-refractivity contribution in [1.82, 2.24) is 0 Å². The van der Waals surface area contributed by atoms with Gasteiger partial charge in [-0.25, -0.2) is 0 Å². The molecule has 0 aromatic heterocycles. The molecule has 192 valence electrons. The van der Waals surface area contributed by atoms with E-state index in [1.54, 1.807) is 36.5 Å². The van der Waals surface area contributed by atoms with Crippen molar-refractivity contribution < 1.29 is 14.4 Å². The fraction of sp³-hybridized carbons (Fsp3) is 0.222. The summed E-state index contributed by atoms with van der Waals surface area (Å²) in [6, 6.07) is 17.0. The lowest BCUT2D eigenvalue weighted by Crippen LogP contribution is -2.17. The molecule has 0 saturated heterocycles. The first-order valence-corrected chi connectivity index (χ1v) is 13.2. The number of hydrogen-bond acceptors (Lipinski definition) is 4. The van der Waals surface area contributed by atoms with Gasteiger partial charge in [0.2, 0.25) is 5.91 Å². The number of amides is 1. The largest absolute Gasteiger partial charge is 0.396 e. The van der Waals surface area contributed by atoms with Gasteiger partial charge in [0.25, 0.3) is 0 Å². The van der Waals surface area contributed by atoms with Gasteiger partial charge in [-0.2, -0.15) is 0 Å². The molecule has 1 fully saturated rings. The molecule has 1 aliphatic carbocycles. The third kappa shape index (κ3) is 6.42. The average molecular weight is 599 g/mol. The molecule has 0 aliphatic heterocycles. The van der Waals surface area contributed by atoms with E-state index in [0.29, 0.717) is 27.9 Å². The van der Waals surface area contributed by atoms with E-state index in [2.05, 4.69) is 10.5 Å². The smallest absolute Gasteiger partial charge is 0.231 e. The van der Waals surface area contributed by atoms with Crippen LogP contribution in [0.2, 0.25) is 15.1 Å². The Labute approximate surface area is 239 Å². The summed E-state index contributed by atoms with van der Waals surface area (Å²) in [4.78, 5) is 31.3. The second-order valence-electron chi connectivity index (χ2n) is 8.47. The molecule has 2 atom stereocenters. The molecule has 3 aromatic rings. The standard InChI is InChI=1S/C27H21Cl5N2O3/c1-2-37-33-14-16-6-4-3-5-15(16)11-23(35)21-13-20(7-8-22(21)30)34-26(36)25-24(27(25,31)32)17-9-18(28)12-19(29)10-17/h3-10,12-14,24-25H,2,11H2,1H3,(H,34,36)/b33-14+. The van der Waals surface area contributed by atoms with Gasteiger partial charge in [0.05, 0.1) is 17.2 Å². The Morgan fingerprint density at radius 1 is 1.03 bits per heavy atom. The van der Waals surface area contributed by atoms with Gasteiger partial charge < -0.3 is 10.2 Å². The molecule has 5 nitrogen and oxygen atoms in total. The molecule has 0 spiro atoms. The highest BCUT2D eigenvalue weighted by Gasteiger charge is 2.67. The van der Waals surface area contributed by atoms with Crippen LogP contribution in [0.1, 0.15) is 39.9 Å². The highest BCUT2D eigenvalue weighted by Crippen LogP contribution is 2.65. The summed E-state index contributed by atoms with van der Waals surface area (Å²) < 4.78 is -1.32. The summed E-state index contributed by atoms with van der Waals surface area (Å²) in [5.74, 6) is -1.85. The van der Waals surface area contributed by atoms with Gasteiger partial charge in [-0.15, -0.1) is 23.2 Å². The van der Waals surface area contributed by atoms with Gasteiger partial charge in [-0.3, -0.25) is 9.59 Å². The van der Waals surface area contributed by atoms with Crippen molar-refractivity contribution in [1.29, 1.82) is 0 Å². The van der Waals surface area contributed by atoms with Crippen molar-refractivity contribution >= 4 is 81.6 Å². The molecule has 2 unspecified atom stereocenters. The Bertz CT molecular complexity index is 1360. The molecular formula is C27H21Cl5N2O3. The fourth-order valence-electron chi connectivity index (χ4n) is 4.12. The Hall–Kier alpha value is -2.28. The summed E-state index contributed by atoms with van der Waals surface area (Å²) in [6.07, 6.45) is 1.65. The van der Waals surface area contributed by atoms with Crippen molar-refractivity contribution in [3.05, 3.63) is 98.0 Å². The molecule has 10 heteroatoms. The predicted octanol–water partition coefficient (Wildman–Crippen LogP) is 7.97. The van der Waals surface area contributed by atoms with E-state index >= 15 is 0 Å². The Kier molecular flexibility index (Phi) is 8.72. The topological polar surface area (TPSA) is 67.8 Å². The Balaban J connectivity index is 1.50. The molecule has 4 rings (SSSR count). The van der Waals surface area contributed by atoms with E-state index in [1.165, 1.54) is 6.07 Å². The van der Waals surface area contributed by atoms with Crippen LogP contribution in [0.15, 0.2) is 65.8 Å². The molecule has 0 radical (unpaired) electrons. The lowest BCUT2D eigenvalue weighted by molar-refractivity contribution is -0.117. The molecule has 1 amide bonds. The minimum absolute atomic E-state index is 0.0815. The van der Waals surface area contributed by atoms with E-state index < -0.39 is 22.1 Å². The van der Waals surface area contributed by atoms with Crippen molar-refractivity contribution in [3.8, 4) is 0 Å². The van der Waals surface area contributed by atoms with Crippen molar-refractivity contribution in [3.63, 3.8) is 0 Å². The lowest BCUT2D eigenvalue weighted by atomic mass is 9.99. The van der Waals surface area contributed by atoms with Gasteiger partial charge in [0.15, 0.2) is 5.78 Å². The van der Waals surface area contributed by atoms with Crippen molar-refractivity contribution in [2.24, 2.45) is 11.1 Å². The van der Waals surface area contributed by atoms with Gasteiger partial charge >= 0.3 is 0 Å². The van der Waals surface area contributed by atoms with E-state index in [1.807, 2.05) is 31.2 Å². The highest BCUT2D eigenvalue weighted by molar-refractivity contribution is 6.53. The van der Waals surface area contributed by atoms with Gasteiger partial charge in [-0.1, -0.05) is 64.2 Å². The number of anilines is 1. The third-order valence-electron chi connectivity index (χ3n) is 5.92. The SMILES string of the molecule is CCO/N=C/c1ccccc1CC(=O)c1cc(NC(=O)C2C(c3cc(Cl)cc(Cl)c3)C2(Cl)Cl)ccc1Cl. The Morgan fingerprint density at radius 3 is 2.43 bits per heavy atom. The monoisotopic (exact) mass is 596 g/mol. The zero-order valence-corrected chi connectivity index (χ0v) is 23.3. The van der Waals surface area contributed by atoms with Crippen LogP contribution < -0.4 is 5.32 Å². The molecule has 1 saturated carbocycles. The van der Waals surface area contributed by atoms with E-state index in [-0.39, 0.29) is 22.8 Å². The summed E-state index contributed by atoms with van der Waals surface area (Å²) in [6.45, 7) is 2.27. The maximum absolute atomic E-state index is 13.2. The summed E-state index contributed by atoms with van der Waals surface area (Å²) in [5.41, 5.74) is 2.85. The maximum atomic E-state index is 13.2. The molecule has 0 heterocycles. The fourth-order valence-corrected chi connectivity index (χ4v) is 5.71. The zero-order valence-electron chi connectivity index (χ0n) is 19.5. The summed E-state index contributed by atoms with van der Waals surface area (Å²) >= 11 is 31.5. The number of alkyl halides is 2. The molecule has 0 bridgehead atoms. The minimum Gasteiger partial charge on any atom is -0.396 e. The van der Waals surface area contributed by atoms with Crippen LogP contribution in [0, 0.1) is 5.92 Å². The zero-order chi connectivity index (χ0) is 26.7. The maximum Gasteiger partial charge on any atom is 0.231 e. The van der Waals surface area contributed by atoms with Crippen LogP contribution in [-0.4, -0.2) is 28.8 Å². The first-order chi connectivity index (χ1) is 17.6. The van der Waals surface area contributed by atoms with Crippen LogP contribution in [0.25, 0.3) is 0 Å². The number of halogens is 5. The Morgan fingerprint density at radius 2 is 1.73 bits per heavy atom. The first-order valence-electron chi connectivity index (χ1n) is 11.3. The number of ketones is 1. The average Bonchev–Trinajstić information content (AvgIpc) is 3.43. The van der Waals surface area contributed by atoms with Gasteiger partial charge in [0.1, 0.15) is 10.9 Å². The van der Waals surface area contributed by atoms with Gasteiger partial charge in [0, 0.05) is 33.6 Å². The number of benzene rings is 3. The predicted molar refractivity (Wildman–Crippen MR) is 151 cm³/mol. The summed E-state index contributed by atoms with van der Waals surface area (Å²) in [7, 11) is 0. The summed E-state index contributed by atoms with van der Waals surface area (Å²) in [5, 5.41) is 7.80. The number of rotatable bonds is 9. The third-order valence-corrected chi connectivity index (χ3v) is 7.62. The number of nitrogens with one attached hydrogen (secondary N) is 1. The van der Waals surface area contributed by atoms with Crippen LogP contribution in [0.5, 0.6) is 0 Å². The molecule has 1 N–H and O–H groups in total. The van der Waals surface area contributed by atoms with Crippen LogP contribution in [0.4, 0.5) is 5.69 Å². The van der Waals surface area contributed by atoms with Crippen molar-refractivity contribution in [2.45, 2.75) is 23.6 Å². The first kappa shape index (κ1) is 27.7. The normalized spacial score (nSPS) is 18.0. The number of carbonyl (C=O) groups is 2. The van der Waals surface area contributed by atoms with Gasteiger partial charge in [-0.05, 0) is 60.0 Å². The lowest BCUT2D eigenvalue weighted by Gasteiger charge is -2.10. The highest BCUT2D eigenvalue weighted by atomic mass is 35.5. The van der Waals surface area contributed by atoms with Crippen LogP contribution in [0.3, 0.4) is 0 Å². The number of oxime groups is 1. The molecule has 37 heavy (non-hydrogen) atoms. The van der Waals surface area contributed by atoms with E-state index in [0.717, 1.165) is 11.1 Å².